The molecule has 1 aromatic rings. The number of aliphatic hydroxyl groups is 2. The first-order valence-electron chi connectivity index (χ1n) is 6.31. The van der Waals surface area contributed by atoms with E-state index in [2.05, 4.69) is 5.32 Å². The molecule has 2 atom stereocenters. The van der Waals surface area contributed by atoms with Crippen molar-refractivity contribution in [3.05, 3.63) is 35.9 Å². The largest absolute Gasteiger partial charge is 0.459 e. The van der Waals surface area contributed by atoms with Crippen molar-refractivity contribution in [1.29, 1.82) is 0 Å². The lowest BCUT2D eigenvalue weighted by Crippen LogP contribution is -2.46. The average molecular weight is 281 g/mol. The minimum atomic E-state index is -1.12. The fourth-order valence-electron chi connectivity index (χ4n) is 1.41. The summed E-state index contributed by atoms with van der Waals surface area (Å²) in [4.78, 5) is 23.3. The Morgan fingerprint density at radius 2 is 1.85 bits per heavy atom. The molecule has 1 rings (SSSR count). The van der Waals surface area contributed by atoms with Gasteiger partial charge in [-0.05, 0) is 5.56 Å². The fourth-order valence-corrected chi connectivity index (χ4v) is 1.41. The lowest BCUT2D eigenvalue weighted by atomic mass is 10.1. The first kappa shape index (κ1) is 16.1. The molecule has 0 bridgehead atoms. The van der Waals surface area contributed by atoms with Crippen LogP contribution in [0.5, 0.6) is 0 Å². The number of amides is 1. The number of benzene rings is 1. The van der Waals surface area contributed by atoms with Crippen molar-refractivity contribution in [2.24, 2.45) is 5.92 Å². The highest BCUT2D eigenvalue weighted by Gasteiger charge is 2.23. The third-order valence-electron chi connectivity index (χ3n) is 2.73. The fraction of sp³-hybridized carbons (Fsp3) is 0.429. The van der Waals surface area contributed by atoms with Gasteiger partial charge < -0.3 is 20.3 Å². The van der Waals surface area contributed by atoms with Crippen LogP contribution >= 0.6 is 0 Å². The van der Waals surface area contributed by atoms with E-state index < -0.39 is 30.4 Å². The second-order valence-corrected chi connectivity index (χ2v) is 4.42. The monoisotopic (exact) mass is 281 g/mol. The molecular formula is C14H19NO5. The molecule has 6 nitrogen and oxygen atoms in total. The number of aliphatic hydroxyl groups excluding tert-OH is 2. The lowest BCUT2D eigenvalue weighted by molar-refractivity contribution is -0.150. The molecule has 0 fully saturated rings. The summed E-state index contributed by atoms with van der Waals surface area (Å²) >= 11 is 0. The summed E-state index contributed by atoms with van der Waals surface area (Å²) in [7, 11) is 0. The van der Waals surface area contributed by atoms with Crippen LogP contribution in [0.15, 0.2) is 30.3 Å². The molecule has 0 aliphatic heterocycles. The van der Waals surface area contributed by atoms with Crippen LogP contribution in [-0.4, -0.2) is 41.3 Å². The summed E-state index contributed by atoms with van der Waals surface area (Å²) in [6.45, 7) is 0.696. The zero-order valence-corrected chi connectivity index (χ0v) is 11.3. The summed E-state index contributed by atoms with van der Waals surface area (Å²) in [6.07, 6.45) is 0. The summed E-state index contributed by atoms with van der Waals surface area (Å²) in [5, 5.41) is 20.3. The minimum Gasteiger partial charge on any atom is -0.459 e. The van der Waals surface area contributed by atoms with Crippen LogP contribution in [0, 0.1) is 5.92 Å². The van der Waals surface area contributed by atoms with E-state index in [1.165, 1.54) is 6.92 Å². The number of carbonyl (C=O) groups excluding carboxylic acids is 2. The molecule has 6 heteroatoms. The van der Waals surface area contributed by atoms with Gasteiger partial charge in [-0.2, -0.15) is 0 Å². The highest BCUT2D eigenvalue weighted by molar-refractivity contribution is 5.85. The zero-order valence-electron chi connectivity index (χ0n) is 11.3. The van der Waals surface area contributed by atoms with E-state index in [0.717, 1.165) is 5.56 Å². The number of carbonyl (C=O) groups is 2. The van der Waals surface area contributed by atoms with Gasteiger partial charge in [-0.15, -0.1) is 0 Å². The van der Waals surface area contributed by atoms with E-state index in [1.807, 2.05) is 18.2 Å². The van der Waals surface area contributed by atoms with Gasteiger partial charge in [-0.25, -0.2) is 4.79 Å². The molecule has 110 valence electrons. The maximum Gasteiger partial charge on any atom is 0.331 e. The molecule has 0 saturated carbocycles. The number of esters is 1. The zero-order chi connectivity index (χ0) is 15.0. The van der Waals surface area contributed by atoms with Crippen LogP contribution in [0.25, 0.3) is 0 Å². The van der Waals surface area contributed by atoms with Crippen LogP contribution in [0.4, 0.5) is 0 Å². The summed E-state index contributed by atoms with van der Waals surface area (Å²) in [6, 6.07) is 7.95. The van der Waals surface area contributed by atoms with Crippen LogP contribution < -0.4 is 5.32 Å². The van der Waals surface area contributed by atoms with Crippen LogP contribution in [0.2, 0.25) is 0 Å². The predicted octanol–water partition coefficient (Wildman–Crippen LogP) is -0.165. The SMILES string of the molecule is C[C@@H](CO)C(=O)N[C@@H](CO)C(=O)OCc1ccccc1. The van der Waals surface area contributed by atoms with Gasteiger partial charge in [-0.3, -0.25) is 4.79 Å². The topological polar surface area (TPSA) is 95.9 Å². The van der Waals surface area contributed by atoms with E-state index in [-0.39, 0.29) is 13.2 Å². The molecule has 1 aromatic carbocycles. The third-order valence-corrected chi connectivity index (χ3v) is 2.73. The number of ether oxygens (including phenoxy) is 1. The molecule has 1 amide bonds. The second kappa shape index (κ2) is 8.29. The van der Waals surface area contributed by atoms with Crippen molar-refractivity contribution in [1.82, 2.24) is 5.32 Å². The molecule has 20 heavy (non-hydrogen) atoms. The van der Waals surface area contributed by atoms with Gasteiger partial charge in [-0.1, -0.05) is 37.3 Å². The first-order chi connectivity index (χ1) is 9.58. The Hall–Kier alpha value is -1.92. The Morgan fingerprint density at radius 3 is 2.40 bits per heavy atom. The van der Waals surface area contributed by atoms with E-state index >= 15 is 0 Å². The normalized spacial score (nSPS) is 13.3. The van der Waals surface area contributed by atoms with Gasteiger partial charge in [0.1, 0.15) is 6.61 Å². The molecule has 0 aliphatic carbocycles. The minimum absolute atomic E-state index is 0.0710. The van der Waals surface area contributed by atoms with Crippen LogP contribution in [0.1, 0.15) is 12.5 Å². The van der Waals surface area contributed by atoms with Crippen molar-refractivity contribution in [2.45, 2.75) is 19.6 Å². The predicted molar refractivity (Wildman–Crippen MR) is 71.5 cm³/mol. The van der Waals surface area contributed by atoms with Crippen molar-refractivity contribution in [3.8, 4) is 0 Å². The van der Waals surface area contributed by atoms with Crippen molar-refractivity contribution < 1.29 is 24.5 Å². The Bertz CT molecular complexity index is 434. The van der Waals surface area contributed by atoms with Crippen LogP contribution in [0.3, 0.4) is 0 Å². The summed E-state index contributed by atoms with van der Waals surface area (Å²) < 4.78 is 5.02. The Balaban J connectivity index is 2.48. The Kier molecular flexibility index (Phi) is 6.69. The summed E-state index contributed by atoms with van der Waals surface area (Å²) in [5.41, 5.74) is 0.813. The highest BCUT2D eigenvalue weighted by Crippen LogP contribution is 2.02. The van der Waals surface area contributed by atoms with Gasteiger partial charge in [0, 0.05) is 0 Å². The van der Waals surface area contributed by atoms with Gasteiger partial charge in [0.25, 0.3) is 0 Å². The number of hydrogen-bond acceptors (Lipinski definition) is 5. The lowest BCUT2D eigenvalue weighted by Gasteiger charge is -2.17. The Labute approximate surface area is 117 Å². The number of nitrogens with one attached hydrogen (secondary N) is 1. The molecule has 0 heterocycles. The van der Waals surface area contributed by atoms with E-state index in [0.29, 0.717) is 0 Å². The van der Waals surface area contributed by atoms with Gasteiger partial charge in [0.2, 0.25) is 5.91 Å². The standard InChI is InChI=1S/C14H19NO5/c1-10(7-16)13(18)15-12(8-17)14(19)20-9-11-5-3-2-4-6-11/h2-6,10,12,16-17H,7-9H2,1H3,(H,15,18)/t10-,12-/m0/s1. The van der Waals surface area contributed by atoms with Gasteiger partial charge in [0.05, 0.1) is 19.1 Å². The molecule has 0 spiro atoms. The first-order valence-corrected chi connectivity index (χ1v) is 6.31. The maximum absolute atomic E-state index is 11.7. The average Bonchev–Trinajstić information content (AvgIpc) is 2.50. The van der Waals surface area contributed by atoms with Gasteiger partial charge >= 0.3 is 5.97 Å². The van der Waals surface area contributed by atoms with E-state index in [1.54, 1.807) is 12.1 Å². The molecule has 0 radical (unpaired) electrons. The molecule has 0 aromatic heterocycles. The van der Waals surface area contributed by atoms with Gasteiger partial charge in [0.15, 0.2) is 6.04 Å². The van der Waals surface area contributed by atoms with E-state index in [4.69, 9.17) is 14.9 Å². The smallest absolute Gasteiger partial charge is 0.331 e. The molecule has 0 aliphatic rings. The van der Waals surface area contributed by atoms with Crippen molar-refractivity contribution in [2.75, 3.05) is 13.2 Å². The van der Waals surface area contributed by atoms with Crippen molar-refractivity contribution >= 4 is 11.9 Å². The number of hydrogen-bond donors (Lipinski definition) is 3. The number of rotatable bonds is 7. The second-order valence-electron chi connectivity index (χ2n) is 4.42. The molecular weight excluding hydrogens is 262 g/mol. The third kappa shape index (κ3) is 4.99. The maximum atomic E-state index is 11.7. The quantitative estimate of drug-likeness (QED) is 0.603. The summed E-state index contributed by atoms with van der Waals surface area (Å²) in [5.74, 6) is -1.87. The van der Waals surface area contributed by atoms with E-state index in [9.17, 15) is 9.59 Å². The molecule has 0 saturated heterocycles. The van der Waals surface area contributed by atoms with Crippen LogP contribution in [-0.2, 0) is 20.9 Å². The molecule has 3 N–H and O–H groups in total. The van der Waals surface area contributed by atoms with Crippen molar-refractivity contribution in [3.63, 3.8) is 0 Å². The molecule has 0 unspecified atom stereocenters. The Morgan fingerprint density at radius 1 is 1.20 bits per heavy atom. The highest BCUT2D eigenvalue weighted by atomic mass is 16.5.